The van der Waals surface area contributed by atoms with E-state index in [-0.39, 0.29) is 18.1 Å². The summed E-state index contributed by atoms with van der Waals surface area (Å²) in [6.07, 6.45) is 0. The lowest BCUT2D eigenvalue weighted by Crippen LogP contribution is -2.36. The summed E-state index contributed by atoms with van der Waals surface area (Å²) < 4.78 is 0. The smallest absolute Gasteiger partial charge is 0.354 e. The normalized spacial score (nSPS) is 15.7. The minimum atomic E-state index is -1.07. The van der Waals surface area contributed by atoms with Gasteiger partial charge in [0.05, 0.1) is 17.7 Å². The summed E-state index contributed by atoms with van der Waals surface area (Å²) in [6, 6.07) is 12.5. The van der Waals surface area contributed by atoms with Crippen LogP contribution in [0.1, 0.15) is 35.6 Å². The Morgan fingerprint density at radius 3 is 2.64 bits per heavy atom. The molecule has 1 aliphatic rings. The largest absolute Gasteiger partial charge is 0.477 e. The Bertz CT molecular complexity index is 768. The maximum absolute atomic E-state index is 12.7. The maximum Gasteiger partial charge on any atom is 0.354 e. The van der Waals surface area contributed by atoms with Crippen LogP contribution in [0.25, 0.3) is 0 Å². The van der Waals surface area contributed by atoms with E-state index in [4.69, 9.17) is 5.11 Å². The van der Waals surface area contributed by atoms with Crippen LogP contribution in [-0.2, 0) is 16.8 Å². The number of rotatable bonds is 3. The van der Waals surface area contributed by atoms with Crippen molar-refractivity contribution in [2.45, 2.75) is 25.8 Å². The lowest BCUT2D eigenvalue weighted by Gasteiger charge is -2.20. The predicted octanol–water partition coefficient (Wildman–Crippen LogP) is 2.60. The third kappa shape index (κ3) is 2.15. The molecule has 0 atom stereocenters. The van der Waals surface area contributed by atoms with E-state index in [0.717, 1.165) is 11.3 Å². The number of amides is 1. The maximum atomic E-state index is 12.7. The van der Waals surface area contributed by atoms with Crippen molar-refractivity contribution in [3.05, 3.63) is 59.4 Å². The molecule has 2 heterocycles. The van der Waals surface area contributed by atoms with Crippen LogP contribution in [0, 0.1) is 0 Å². The van der Waals surface area contributed by atoms with E-state index in [1.165, 1.54) is 6.07 Å². The summed E-state index contributed by atoms with van der Waals surface area (Å²) in [6.45, 7) is 4.06. The zero-order valence-corrected chi connectivity index (χ0v) is 12.4. The standard InChI is InChI=1S/C17H16N2O3/c1-17(2)12-7-3-4-9-14(12)19(16(17)22)10-11-6-5-8-13(18-11)15(20)21/h3-9H,10H2,1-2H3,(H,20,21). The quantitative estimate of drug-likeness (QED) is 0.945. The molecule has 112 valence electrons. The monoisotopic (exact) mass is 296 g/mol. The Kier molecular flexibility index (Phi) is 3.20. The number of para-hydroxylation sites is 1. The van der Waals surface area contributed by atoms with E-state index in [1.807, 2.05) is 38.1 Å². The van der Waals surface area contributed by atoms with Crippen molar-refractivity contribution in [1.29, 1.82) is 0 Å². The van der Waals surface area contributed by atoms with E-state index in [9.17, 15) is 9.59 Å². The lowest BCUT2D eigenvalue weighted by atomic mass is 9.86. The first-order valence-electron chi connectivity index (χ1n) is 7.02. The fraction of sp³-hybridized carbons (Fsp3) is 0.235. The van der Waals surface area contributed by atoms with E-state index < -0.39 is 11.4 Å². The van der Waals surface area contributed by atoms with Crippen molar-refractivity contribution in [3.63, 3.8) is 0 Å². The fourth-order valence-electron chi connectivity index (χ4n) is 2.81. The first-order chi connectivity index (χ1) is 10.4. The van der Waals surface area contributed by atoms with Crippen LogP contribution in [-0.4, -0.2) is 22.0 Å². The number of hydrogen-bond donors (Lipinski definition) is 1. The van der Waals surface area contributed by atoms with Gasteiger partial charge in [0.15, 0.2) is 0 Å². The molecule has 0 bridgehead atoms. The summed E-state index contributed by atoms with van der Waals surface area (Å²) in [7, 11) is 0. The second kappa shape index (κ2) is 4.94. The van der Waals surface area contributed by atoms with Crippen molar-refractivity contribution in [2.24, 2.45) is 0 Å². The van der Waals surface area contributed by atoms with Crippen LogP contribution in [0.2, 0.25) is 0 Å². The van der Waals surface area contributed by atoms with E-state index in [0.29, 0.717) is 5.69 Å². The number of fused-ring (bicyclic) bond motifs is 1. The van der Waals surface area contributed by atoms with Gasteiger partial charge in [0, 0.05) is 5.69 Å². The second-order valence-electron chi connectivity index (χ2n) is 5.85. The van der Waals surface area contributed by atoms with Gasteiger partial charge in [-0.3, -0.25) is 4.79 Å². The van der Waals surface area contributed by atoms with Gasteiger partial charge < -0.3 is 10.0 Å². The molecule has 3 rings (SSSR count). The van der Waals surface area contributed by atoms with Gasteiger partial charge in [-0.2, -0.15) is 0 Å². The number of aromatic nitrogens is 1. The topological polar surface area (TPSA) is 70.5 Å². The number of nitrogens with zero attached hydrogens (tertiary/aromatic N) is 2. The lowest BCUT2D eigenvalue weighted by molar-refractivity contribution is -0.122. The van der Waals surface area contributed by atoms with Crippen molar-refractivity contribution in [2.75, 3.05) is 4.90 Å². The molecule has 1 aromatic heterocycles. The molecule has 0 radical (unpaired) electrons. The molecule has 0 aliphatic carbocycles. The molecule has 0 saturated carbocycles. The number of hydrogen-bond acceptors (Lipinski definition) is 3. The van der Waals surface area contributed by atoms with Crippen LogP contribution in [0.15, 0.2) is 42.5 Å². The number of carboxylic acids is 1. The van der Waals surface area contributed by atoms with Gasteiger partial charge in [-0.05, 0) is 37.6 Å². The molecular weight excluding hydrogens is 280 g/mol. The van der Waals surface area contributed by atoms with Crippen LogP contribution in [0.3, 0.4) is 0 Å². The van der Waals surface area contributed by atoms with Gasteiger partial charge in [-0.25, -0.2) is 9.78 Å². The molecule has 0 unspecified atom stereocenters. The number of carbonyl (C=O) groups is 2. The highest BCUT2D eigenvalue weighted by molar-refractivity contribution is 6.07. The zero-order valence-electron chi connectivity index (χ0n) is 12.4. The highest BCUT2D eigenvalue weighted by Gasteiger charge is 2.43. The Labute approximate surface area is 128 Å². The highest BCUT2D eigenvalue weighted by atomic mass is 16.4. The number of pyridine rings is 1. The molecule has 22 heavy (non-hydrogen) atoms. The van der Waals surface area contributed by atoms with Crippen molar-refractivity contribution in [3.8, 4) is 0 Å². The molecule has 1 aliphatic heterocycles. The zero-order chi connectivity index (χ0) is 15.9. The highest BCUT2D eigenvalue weighted by Crippen LogP contribution is 2.41. The predicted molar refractivity (Wildman–Crippen MR) is 81.9 cm³/mol. The molecule has 2 aromatic rings. The Balaban J connectivity index is 1.98. The van der Waals surface area contributed by atoms with Crippen LogP contribution < -0.4 is 4.90 Å². The van der Waals surface area contributed by atoms with Gasteiger partial charge in [0.25, 0.3) is 0 Å². The van der Waals surface area contributed by atoms with E-state index in [2.05, 4.69) is 4.98 Å². The SMILES string of the molecule is CC1(C)C(=O)N(Cc2cccc(C(=O)O)n2)c2ccccc21. The van der Waals surface area contributed by atoms with Crippen LogP contribution >= 0.6 is 0 Å². The molecule has 5 nitrogen and oxygen atoms in total. The molecule has 1 amide bonds. The van der Waals surface area contributed by atoms with Crippen molar-refractivity contribution in [1.82, 2.24) is 4.98 Å². The molecular formula is C17H16N2O3. The average molecular weight is 296 g/mol. The van der Waals surface area contributed by atoms with Gasteiger partial charge in [0.2, 0.25) is 5.91 Å². The number of benzene rings is 1. The third-order valence-corrected chi connectivity index (χ3v) is 3.99. The number of aromatic carboxylic acids is 1. The minimum absolute atomic E-state index is 0.00349. The van der Waals surface area contributed by atoms with Crippen molar-refractivity contribution >= 4 is 17.6 Å². The molecule has 0 saturated heterocycles. The van der Waals surface area contributed by atoms with Gasteiger partial charge >= 0.3 is 5.97 Å². The van der Waals surface area contributed by atoms with Gasteiger partial charge in [-0.1, -0.05) is 24.3 Å². The summed E-state index contributed by atoms with van der Waals surface area (Å²) in [4.78, 5) is 29.5. The number of carboxylic acid groups (broad SMARTS) is 1. The minimum Gasteiger partial charge on any atom is -0.477 e. The summed E-state index contributed by atoms with van der Waals surface area (Å²) in [5.74, 6) is -1.08. The molecule has 1 N–H and O–H groups in total. The molecule has 0 fully saturated rings. The Hall–Kier alpha value is -2.69. The van der Waals surface area contributed by atoms with Crippen LogP contribution in [0.4, 0.5) is 5.69 Å². The van der Waals surface area contributed by atoms with E-state index >= 15 is 0 Å². The Morgan fingerprint density at radius 2 is 1.91 bits per heavy atom. The van der Waals surface area contributed by atoms with E-state index in [1.54, 1.807) is 17.0 Å². The Morgan fingerprint density at radius 1 is 1.18 bits per heavy atom. The van der Waals surface area contributed by atoms with Gasteiger partial charge in [0.1, 0.15) is 5.69 Å². The third-order valence-electron chi connectivity index (χ3n) is 3.99. The molecule has 0 spiro atoms. The van der Waals surface area contributed by atoms with Gasteiger partial charge in [-0.15, -0.1) is 0 Å². The summed E-state index contributed by atoms with van der Waals surface area (Å²) in [5.41, 5.74) is 1.80. The molecule has 5 heteroatoms. The second-order valence-corrected chi connectivity index (χ2v) is 5.85. The van der Waals surface area contributed by atoms with Crippen LogP contribution in [0.5, 0.6) is 0 Å². The summed E-state index contributed by atoms with van der Waals surface area (Å²) in [5, 5.41) is 9.02. The molecule has 1 aromatic carbocycles. The average Bonchev–Trinajstić information content (AvgIpc) is 2.69. The first-order valence-corrected chi connectivity index (χ1v) is 7.02. The first kappa shape index (κ1) is 14.3. The number of carbonyl (C=O) groups excluding carboxylic acids is 1. The van der Waals surface area contributed by atoms with Crippen molar-refractivity contribution < 1.29 is 14.7 Å². The summed E-state index contributed by atoms with van der Waals surface area (Å²) >= 11 is 0. The fourth-order valence-corrected chi connectivity index (χ4v) is 2.81. The number of anilines is 1.